The van der Waals surface area contributed by atoms with Crippen molar-refractivity contribution in [3.05, 3.63) is 0 Å². The first-order valence-electron chi connectivity index (χ1n) is 6.41. The van der Waals surface area contributed by atoms with E-state index in [1.807, 2.05) is 6.92 Å². The first-order chi connectivity index (χ1) is 8.36. The van der Waals surface area contributed by atoms with Crippen molar-refractivity contribution in [2.45, 2.75) is 45.8 Å². The van der Waals surface area contributed by atoms with Crippen LogP contribution in [-0.2, 0) is 14.3 Å². The van der Waals surface area contributed by atoms with E-state index in [1.165, 1.54) is 4.90 Å². The van der Waals surface area contributed by atoms with Crippen LogP contribution in [0.25, 0.3) is 0 Å². The van der Waals surface area contributed by atoms with E-state index in [-0.39, 0.29) is 17.9 Å². The second kappa shape index (κ2) is 6.18. The number of aliphatic carboxylic acids is 1. The minimum Gasteiger partial charge on any atom is -0.480 e. The molecule has 104 valence electrons. The van der Waals surface area contributed by atoms with Gasteiger partial charge in [0.2, 0.25) is 5.91 Å². The Kier molecular flexibility index (Phi) is 5.14. The lowest BCUT2D eigenvalue weighted by molar-refractivity contribution is -0.148. The van der Waals surface area contributed by atoms with Gasteiger partial charge in [-0.15, -0.1) is 0 Å². The highest BCUT2D eigenvalue weighted by molar-refractivity contribution is 5.84. The molecule has 0 saturated carbocycles. The maximum atomic E-state index is 12.1. The van der Waals surface area contributed by atoms with Gasteiger partial charge in [-0.2, -0.15) is 0 Å². The van der Waals surface area contributed by atoms with Crippen molar-refractivity contribution < 1.29 is 19.4 Å². The average Bonchev–Trinajstić information content (AvgIpc) is 2.72. The molecule has 0 bridgehead atoms. The number of likely N-dealkylation sites (tertiary alicyclic amines) is 1. The Morgan fingerprint density at radius 2 is 2.00 bits per heavy atom. The van der Waals surface area contributed by atoms with Gasteiger partial charge >= 0.3 is 5.97 Å². The molecule has 1 aliphatic heterocycles. The summed E-state index contributed by atoms with van der Waals surface area (Å²) in [6.07, 6.45) is 0.621. The highest BCUT2D eigenvalue weighted by Crippen LogP contribution is 2.24. The molecule has 1 aliphatic rings. The van der Waals surface area contributed by atoms with Crippen molar-refractivity contribution >= 4 is 11.9 Å². The Labute approximate surface area is 108 Å². The number of nitrogens with zero attached hydrogens (tertiary/aromatic N) is 1. The van der Waals surface area contributed by atoms with Gasteiger partial charge in [-0.1, -0.05) is 20.8 Å². The molecular formula is C13H23NO4. The molecule has 0 aromatic carbocycles. The summed E-state index contributed by atoms with van der Waals surface area (Å²) in [5, 5.41) is 9.14. The van der Waals surface area contributed by atoms with E-state index in [1.54, 1.807) is 7.11 Å². The van der Waals surface area contributed by atoms with Crippen LogP contribution in [0.2, 0.25) is 0 Å². The zero-order valence-corrected chi connectivity index (χ0v) is 11.5. The quantitative estimate of drug-likeness (QED) is 0.807. The first-order valence-corrected chi connectivity index (χ1v) is 6.41. The number of hydrogen-bond donors (Lipinski definition) is 1. The van der Waals surface area contributed by atoms with Crippen LogP contribution >= 0.6 is 0 Å². The largest absolute Gasteiger partial charge is 0.480 e. The topological polar surface area (TPSA) is 66.8 Å². The number of carboxylic acids is 1. The van der Waals surface area contributed by atoms with Crippen LogP contribution in [0, 0.1) is 11.8 Å². The fourth-order valence-corrected chi connectivity index (χ4v) is 2.11. The smallest absolute Gasteiger partial charge is 0.326 e. The molecule has 1 rings (SSSR count). The van der Waals surface area contributed by atoms with Crippen molar-refractivity contribution in [1.29, 1.82) is 0 Å². The molecular weight excluding hydrogens is 234 g/mol. The van der Waals surface area contributed by atoms with Crippen molar-refractivity contribution in [3.63, 3.8) is 0 Å². The molecule has 18 heavy (non-hydrogen) atoms. The van der Waals surface area contributed by atoms with Crippen LogP contribution in [0.15, 0.2) is 0 Å². The molecule has 0 aromatic rings. The van der Waals surface area contributed by atoms with Gasteiger partial charge in [0.15, 0.2) is 0 Å². The maximum Gasteiger partial charge on any atom is 0.326 e. The molecule has 1 saturated heterocycles. The SMILES string of the molecule is COC1CC(C(=O)O)N(C(=O)CC(C)C(C)C)C1. The number of rotatable bonds is 5. The van der Waals surface area contributed by atoms with Crippen LogP contribution in [0.1, 0.15) is 33.6 Å². The summed E-state index contributed by atoms with van der Waals surface area (Å²) in [4.78, 5) is 24.7. The summed E-state index contributed by atoms with van der Waals surface area (Å²) in [6, 6.07) is -0.734. The summed E-state index contributed by atoms with van der Waals surface area (Å²) in [5.74, 6) is -0.352. The zero-order valence-electron chi connectivity index (χ0n) is 11.5. The zero-order chi connectivity index (χ0) is 13.9. The monoisotopic (exact) mass is 257 g/mol. The number of carboxylic acid groups (broad SMARTS) is 1. The maximum absolute atomic E-state index is 12.1. The number of carbonyl (C=O) groups is 2. The van der Waals surface area contributed by atoms with E-state index in [0.717, 1.165) is 0 Å². The molecule has 1 N–H and O–H groups in total. The minimum atomic E-state index is -0.944. The molecule has 0 aliphatic carbocycles. The number of carbonyl (C=O) groups excluding carboxylic acids is 1. The van der Waals surface area contributed by atoms with Gasteiger partial charge in [0, 0.05) is 26.5 Å². The number of methoxy groups -OCH3 is 1. The fraction of sp³-hybridized carbons (Fsp3) is 0.846. The molecule has 0 aromatic heterocycles. The second-order valence-corrected chi connectivity index (χ2v) is 5.42. The number of amides is 1. The molecule has 3 atom stereocenters. The Balaban J connectivity index is 2.67. The molecule has 5 heteroatoms. The Morgan fingerprint density at radius 3 is 2.44 bits per heavy atom. The second-order valence-electron chi connectivity index (χ2n) is 5.42. The van der Waals surface area contributed by atoms with E-state index in [9.17, 15) is 9.59 Å². The van der Waals surface area contributed by atoms with Crippen molar-refractivity contribution in [1.82, 2.24) is 4.90 Å². The van der Waals surface area contributed by atoms with Crippen molar-refractivity contribution in [2.75, 3.05) is 13.7 Å². The standard InChI is InChI=1S/C13H23NO4/c1-8(2)9(3)5-12(15)14-7-10(18-4)6-11(14)13(16)17/h8-11H,5-7H2,1-4H3,(H,16,17). The van der Waals surface area contributed by atoms with Crippen LogP contribution < -0.4 is 0 Å². The van der Waals surface area contributed by atoms with E-state index in [4.69, 9.17) is 9.84 Å². The van der Waals surface area contributed by atoms with Crippen LogP contribution in [0.4, 0.5) is 0 Å². The molecule has 0 radical (unpaired) electrons. The summed E-state index contributed by atoms with van der Waals surface area (Å²) >= 11 is 0. The highest BCUT2D eigenvalue weighted by Gasteiger charge is 2.39. The van der Waals surface area contributed by atoms with Gasteiger partial charge in [-0.05, 0) is 11.8 Å². The van der Waals surface area contributed by atoms with Gasteiger partial charge in [0.05, 0.1) is 6.10 Å². The Hall–Kier alpha value is -1.10. The molecule has 3 unspecified atom stereocenters. The lowest BCUT2D eigenvalue weighted by Gasteiger charge is -2.24. The lowest BCUT2D eigenvalue weighted by Crippen LogP contribution is -2.41. The number of hydrogen-bond acceptors (Lipinski definition) is 3. The predicted octanol–water partition coefficient (Wildman–Crippen LogP) is 1.37. The van der Waals surface area contributed by atoms with Crippen molar-refractivity contribution in [2.24, 2.45) is 11.8 Å². The highest BCUT2D eigenvalue weighted by atomic mass is 16.5. The third kappa shape index (κ3) is 3.45. The van der Waals surface area contributed by atoms with Gasteiger partial charge in [0.25, 0.3) is 0 Å². The Morgan fingerprint density at radius 1 is 1.39 bits per heavy atom. The summed E-state index contributed by atoms with van der Waals surface area (Å²) < 4.78 is 5.17. The fourth-order valence-electron chi connectivity index (χ4n) is 2.11. The minimum absolute atomic E-state index is 0.0804. The van der Waals surface area contributed by atoms with Crippen molar-refractivity contribution in [3.8, 4) is 0 Å². The molecule has 5 nitrogen and oxygen atoms in total. The van der Waals surface area contributed by atoms with Crippen LogP contribution in [0.5, 0.6) is 0 Å². The third-order valence-corrected chi connectivity index (χ3v) is 3.84. The predicted molar refractivity (Wildman–Crippen MR) is 67.2 cm³/mol. The average molecular weight is 257 g/mol. The normalized spacial score (nSPS) is 25.5. The lowest BCUT2D eigenvalue weighted by atomic mass is 9.94. The van der Waals surface area contributed by atoms with Crippen LogP contribution in [-0.4, -0.2) is 47.7 Å². The van der Waals surface area contributed by atoms with E-state index >= 15 is 0 Å². The molecule has 1 heterocycles. The van der Waals surface area contributed by atoms with Gasteiger partial charge < -0.3 is 14.7 Å². The summed E-state index contributed by atoms with van der Waals surface area (Å²) in [5.41, 5.74) is 0. The van der Waals surface area contributed by atoms with E-state index < -0.39 is 12.0 Å². The van der Waals surface area contributed by atoms with Gasteiger partial charge in [0.1, 0.15) is 6.04 Å². The number of ether oxygens (including phenoxy) is 1. The van der Waals surface area contributed by atoms with E-state index in [2.05, 4.69) is 13.8 Å². The summed E-state index contributed by atoms with van der Waals surface area (Å²) in [7, 11) is 1.55. The van der Waals surface area contributed by atoms with Gasteiger partial charge in [-0.25, -0.2) is 4.79 Å². The van der Waals surface area contributed by atoms with Crippen LogP contribution in [0.3, 0.4) is 0 Å². The summed E-state index contributed by atoms with van der Waals surface area (Å²) in [6.45, 7) is 6.53. The molecule has 1 amide bonds. The van der Waals surface area contributed by atoms with E-state index in [0.29, 0.717) is 25.3 Å². The Bertz CT molecular complexity index is 316. The first kappa shape index (κ1) is 15.0. The van der Waals surface area contributed by atoms with Gasteiger partial charge in [-0.3, -0.25) is 4.79 Å². The molecule has 0 spiro atoms. The molecule has 1 fully saturated rings. The third-order valence-electron chi connectivity index (χ3n) is 3.84.